The number of nitrogens with one attached hydrogen (secondary N) is 1. The van der Waals surface area contributed by atoms with E-state index in [2.05, 4.69) is 5.32 Å². The molecule has 0 saturated carbocycles. The summed E-state index contributed by atoms with van der Waals surface area (Å²) in [6.45, 7) is 0. The fraction of sp³-hybridized carbons (Fsp3) is 0.500. The van der Waals surface area contributed by atoms with E-state index in [0.29, 0.717) is 17.7 Å². The molecule has 88 valence electrons. The molecule has 2 rings (SSSR count). The van der Waals surface area contributed by atoms with Crippen LogP contribution < -0.4 is 5.32 Å². The average molecular weight is 242 g/mol. The summed E-state index contributed by atoms with van der Waals surface area (Å²) in [5, 5.41) is 2.73. The van der Waals surface area contributed by atoms with Crippen LogP contribution in [0.2, 0.25) is 0 Å². The first-order valence-electron chi connectivity index (χ1n) is 5.04. The van der Waals surface area contributed by atoms with Gasteiger partial charge >= 0.3 is 0 Å². The summed E-state index contributed by atoms with van der Waals surface area (Å²) in [6, 6.07) is 0. The summed E-state index contributed by atoms with van der Waals surface area (Å²) in [5.74, 6) is -0.0321. The number of hydrogen-bond donors (Lipinski definition) is 1. The van der Waals surface area contributed by atoms with Gasteiger partial charge in [-0.05, 0) is 18.6 Å². The van der Waals surface area contributed by atoms with Crippen LogP contribution in [-0.2, 0) is 14.8 Å². The van der Waals surface area contributed by atoms with E-state index in [1.807, 2.05) is 0 Å². The first kappa shape index (κ1) is 11.3. The summed E-state index contributed by atoms with van der Waals surface area (Å²) in [7, 11) is -0.331. The molecule has 1 aliphatic heterocycles. The highest BCUT2D eigenvalue weighted by atomic mass is 32.2. The minimum atomic E-state index is -3.35. The van der Waals surface area contributed by atoms with Crippen LogP contribution in [0.25, 0.3) is 0 Å². The SMILES string of the molecule is CN(C)S(=O)(=O)C1=CC=C2NC(=O)CC2C1. The fourth-order valence-corrected chi connectivity index (χ4v) is 3.05. The lowest BCUT2D eigenvalue weighted by Gasteiger charge is -2.20. The molecule has 16 heavy (non-hydrogen) atoms. The maximum atomic E-state index is 11.9. The molecular weight excluding hydrogens is 228 g/mol. The van der Waals surface area contributed by atoms with Crippen molar-refractivity contribution in [1.82, 2.24) is 9.62 Å². The molecular formula is C10H14N2O3S. The normalized spacial score (nSPS) is 24.9. The van der Waals surface area contributed by atoms with Crippen LogP contribution in [0.5, 0.6) is 0 Å². The van der Waals surface area contributed by atoms with Gasteiger partial charge in [-0.25, -0.2) is 12.7 Å². The molecule has 1 saturated heterocycles. The summed E-state index contributed by atoms with van der Waals surface area (Å²) >= 11 is 0. The molecule has 1 aliphatic carbocycles. The van der Waals surface area contributed by atoms with Gasteiger partial charge in [-0.2, -0.15) is 0 Å². The number of carbonyl (C=O) groups is 1. The second-order valence-corrected chi connectivity index (χ2v) is 6.40. The molecule has 1 heterocycles. The first-order chi connectivity index (χ1) is 7.41. The Hall–Kier alpha value is -1.14. The molecule has 1 fully saturated rings. The number of sulfonamides is 1. The molecule has 0 radical (unpaired) electrons. The summed E-state index contributed by atoms with van der Waals surface area (Å²) in [6.07, 6.45) is 4.05. The Balaban J connectivity index is 2.28. The van der Waals surface area contributed by atoms with Crippen LogP contribution in [0.1, 0.15) is 12.8 Å². The molecule has 1 unspecified atom stereocenters. The van der Waals surface area contributed by atoms with Crippen LogP contribution in [0.3, 0.4) is 0 Å². The number of nitrogens with zero attached hydrogens (tertiary/aromatic N) is 1. The van der Waals surface area contributed by atoms with Gasteiger partial charge in [0, 0.05) is 32.1 Å². The van der Waals surface area contributed by atoms with E-state index in [1.54, 1.807) is 12.2 Å². The summed E-state index contributed by atoms with van der Waals surface area (Å²) in [5.41, 5.74) is 0.836. The number of hydrogen-bond acceptors (Lipinski definition) is 3. The number of amides is 1. The predicted molar refractivity (Wildman–Crippen MR) is 59.6 cm³/mol. The minimum absolute atomic E-state index is 0.00206. The maximum absolute atomic E-state index is 11.9. The van der Waals surface area contributed by atoms with Gasteiger partial charge in [-0.3, -0.25) is 4.79 Å². The lowest BCUT2D eigenvalue weighted by atomic mass is 9.97. The van der Waals surface area contributed by atoms with Crippen molar-refractivity contribution in [3.8, 4) is 0 Å². The highest BCUT2D eigenvalue weighted by Crippen LogP contribution is 2.33. The Bertz CT molecular complexity index is 488. The minimum Gasteiger partial charge on any atom is -0.329 e. The third kappa shape index (κ3) is 1.78. The van der Waals surface area contributed by atoms with Gasteiger partial charge < -0.3 is 5.32 Å². The molecule has 1 amide bonds. The molecule has 1 atom stereocenters. The highest BCUT2D eigenvalue weighted by Gasteiger charge is 2.33. The Labute approximate surface area is 94.9 Å². The van der Waals surface area contributed by atoms with Gasteiger partial charge in [0.05, 0.1) is 4.91 Å². The van der Waals surface area contributed by atoms with E-state index < -0.39 is 10.0 Å². The number of rotatable bonds is 2. The molecule has 5 nitrogen and oxygen atoms in total. The van der Waals surface area contributed by atoms with Crippen LogP contribution in [0.4, 0.5) is 0 Å². The van der Waals surface area contributed by atoms with Gasteiger partial charge in [-0.1, -0.05) is 0 Å². The second kappa shape index (κ2) is 3.71. The standard InChI is InChI=1S/C10H14N2O3S/c1-12(2)16(14,15)8-3-4-9-7(5-8)6-10(13)11-9/h3-4,7H,5-6H2,1-2H3,(H,11,13). The Kier molecular flexibility index (Phi) is 2.63. The van der Waals surface area contributed by atoms with Crippen LogP contribution in [0, 0.1) is 5.92 Å². The molecule has 1 N–H and O–H groups in total. The van der Waals surface area contributed by atoms with Crippen molar-refractivity contribution in [3.05, 3.63) is 22.8 Å². The molecule has 0 aromatic heterocycles. The number of fused-ring (bicyclic) bond motifs is 1. The van der Waals surface area contributed by atoms with Crippen molar-refractivity contribution in [2.24, 2.45) is 5.92 Å². The van der Waals surface area contributed by atoms with Gasteiger partial charge in [0.1, 0.15) is 0 Å². The Morgan fingerprint density at radius 1 is 1.31 bits per heavy atom. The fourth-order valence-electron chi connectivity index (χ4n) is 1.93. The van der Waals surface area contributed by atoms with Crippen LogP contribution in [-0.4, -0.2) is 32.7 Å². The molecule has 2 aliphatic rings. The van der Waals surface area contributed by atoms with E-state index in [-0.39, 0.29) is 11.8 Å². The zero-order chi connectivity index (χ0) is 11.9. The van der Waals surface area contributed by atoms with Gasteiger partial charge in [0.25, 0.3) is 0 Å². The van der Waals surface area contributed by atoms with E-state index in [4.69, 9.17) is 0 Å². The van der Waals surface area contributed by atoms with Gasteiger partial charge in [-0.15, -0.1) is 0 Å². The predicted octanol–water partition coefficient (Wildman–Crippen LogP) is 0.185. The summed E-state index contributed by atoms with van der Waals surface area (Å²) < 4.78 is 25.0. The van der Waals surface area contributed by atoms with E-state index in [9.17, 15) is 13.2 Å². The Morgan fingerprint density at radius 2 is 2.00 bits per heavy atom. The zero-order valence-electron chi connectivity index (χ0n) is 9.23. The quantitative estimate of drug-likeness (QED) is 0.751. The molecule has 0 aromatic rings. The van der Waals surface area contributed by atoms with Gasteiger partial charge in [0.2, 0.25) is 15.9 Å². The smallest absolute Gasteiger partial charge is 0.238 e. The van der Waals surface area contributed by atoms with Crippen molar-refractivity contribution < 1.29 is 13.2 Å². The van der Waals surface area contributed by atoms with E-state index in [1.165, 1.54) is 18.4 Å². The lowest BCUT2D eigenvalue weighted by Crippen LogP contribution is -2.26. The van der Waals surface area contributed by atoms with Crippen molar-refractivity contribution in [1.29, 1.82) is 0 Å². The van der Waals surface area contributed by atoms with Crippen molar-refractivity contribution >= 4 is 15.9 Å². The van der Waals surface area contributed by atoms with Gasteiger partial charge in [0.15, 0.2) is 0 Å². The third-order valence-corrected chi connectivity index (χ3v) is 4.79. The lowest BCUT2D eigenvalue weighted by molar-refractivity contribution is -0.119. The molecule has 0 bridgehead atoms. The Morgan fingerprint density at radius 3 is 2.62 bits per heavy atom. The highest BCUT2D eigenvalue weighted by molar-refractivity contribution is 7.93. The van der Waals surface area contributed by atoms with Crippen LogP contribution in [0.15, 0.2) is 22.8 Å². The first-order valence-corrected chi connectivity index (χ1v) is 6.48. The number of allylic oxidation sites excluding steroid dienone is 4. The average Bonchev–Trinajstić information content (AvgIpc) is 2.56. The maximum Gasteiger partial charge on any atom is 0.238 e. The largest absolute Gasteiger partial charge is 0.329 e. The number of carbonyl (C=O) groups excluding carboxylic acids is 1. The van der Waals surface area contributed by atoms with Crippen molar-refractivity contribution in [3.63, 3.8) is 0 Å². The topological polar surface area (TPSA) is 66.5 Å². The second-order valence-electron chi connectivity index (χ2n) is 4.20. The van der Waals surface area contributed by atoms with Crippen molar-refractivity contribution in [2.45, 2.75) is 12.8 Å². The molecule has 0 aromatic carbocycles. The monoisotopic (exact) mass is 242 g/mol. The third-order valence-electron chi connectivity index (χ3n) is 2.86. The van der Waals surface area contributed by atoms with Crippen LogP contribution >= 0.6 is 0 Å². The molecule has 6 heteroatoms. The summed E-state index contributed by atoms with van der Waals surface area (Å²) in [4.78, 5) is 11.5. The van der Waals surface area contributed by atoms with Crippen molar-refractivity contribution in [2.75, 3.05) is 14.1 Å². The zero-order valence-corrected chi connectivity index (χ0v) is 10.0. The van der Waals surface area contributed by atoms with E-state index in [0.717, 1.165) is 5.70 Å². The molecule has 0 spiro atoms. The van der Waals surface area contributed by atoms with E-state index >= 15 is 0 Å².